The molecule has 0 bridgehead atoms. The molecule has 0 aliphatic heterocycles. The summed E-state index contributed by atoms with van der Waals surface area (Å²) >= 11 is 0. The van der Waals surface area contributed by atoms with Gasteiger partial charge in [0.2, 0.25) is 0 Å². The number of methoxy groups -OCH3 is 2. The van der Waals surface area contributed by atoms with Crippen LogP contribution in [0.4, 0.5) is 0 Å². The van der Waals surface area contributed by atoms with Crippen LogP contribution in [-0.2, 0) is 0 Å². The van der Waals surface area contributed by atoms with Gasteiger partial charge in [-0.3, -0.25) is 9.59 Å². The molecule has 0 saturated heterocycles. The lowest BCUT2D eigenvalue weighted by molar-refractivity contribution is 0.0894. The average molecular weight is 284 g/mol. The third-order valence-electron chi connectivity index (χ3n) is 3.10. The minimum Gasteiger partial charge on any atom is -0.497 e. The molecule has 0 N–H and O–H groups in total. The largest absolute Gasteiger partial charge is 0.497 e. The van der Waals surface area contributed by atoms with E-state index in [-0.39, 0.29) is 18.0 Å². The molecular weight excluding hydrogens is 268 g/mol. The van der Waals surface area contributed by atoms with Crippen molar-refractivity contribution in [3.63, 3.8) is 0 Å². The Morgan fingerprint density at radius 2 is 1.24 bits per heavy atom. The highest BCUT2D eigenvalue weighted by Crippen LogP contribution is 2.17. The second kappa shape index (κ2) is 6.70. The highest BCUT2D eigenvalue weighted by atomic mass is 16.5. The van der Waals surface area contributed by atoms with E-state index in [4.69, 9.17) is 9.47 Å². The lowest BCUT2D eigenvalue weighted by Crippen LogP contribution is -2.08. The zero-order valence-corrected chi connectivity index (χ0v) is 12.0. The van der Waals surface area contributed by atoms with Crippen LogP contribution in [0.25, 0.3) is 0 Å². The maximum absolute atomic E-state index is 12.1. The summed E-state index contributed by atoms with van der Waals surface area (Å²) in [5, 5.41) is 0. The van der Waals surface area contributed by atoms with Crippen molar-refractivity contribution in [2.45, 2.75) is 6.42 Å². The first-order chi connectivity index (χ1) is 10.1. The zero-order chi connectivity index (χ0) is 15.2. The monoisotopic (exact) mass is 284 g/mol. The van der Waals surface area contributed by atoms with Gasteiger partial charge in [0.25, 0.3) is 0 Å². The molecule has 2 rings (SSSR count). The standard InChI is InChI=1S/C17H16O4/c1-20-14-7-3-5-12(9-14)16(18)11-17(19)13-6-4-8-15(10-13)21-2/h3-10H,11H2,1-2H3. The van der Waals surface area contributed by atoms with Crippen LogP contribution in [0.2, 0.25) is 0 Å². The molecule has 4 heteroatoms. The molecule has 0 fully saturated rings. The van der Waals surface area contributed by atoms with Crippen LogP contribution in [0.3, 0.4) is 0 Å². The molecule has 0 saturated carbocycles. The topological polar surface area (TPSA) is 52.6 Å². The van der Waals surface area contributed by atoms with Gasteiger partial charge < -0.3 is 9.47 Å². The van der Waals surface area contributed by atoms with E-state index < -0.39 is 0 Å². The predicted octanol–water partition coefficient (Wildman–Crippen LogP) is 3.16. The van der Waals surface area contributed by atoms with Gasteiger partial charge in [0.15, 0.2) is 11.6 Å². The Labute approximate surface area is 123 Å². The van der Waals surface area contributed by atoms with E-state index in [2.05, 4.69) is 0 Å². The second-order valence-corrected chi connectivity index (χ2v) is 4.49. The molecule has 0 aliphatic carbocycles. The molecule has 21 heavy (non-hydrogen) atoms. The number of ketones is 2. The molecule has 0 amide bonds. The highest BCUT2D eigenvalue weighted by molar-refractivity contribution is 6.13. The Hall–Kier alpha value is -2.62. The van der Waals surface area contributed by atoms with Gasteiger partial charge in [-0.05, 0) is 24.3 Å². The number of carbonyl (C=O) groups excluding carboxylic acids is 2. The molecule has 0 heterocycles. The molecule has 0 spiro atoms. The van der Waals surface area contributed by atoms with Crippen LogP contribution in [0.15, 0.2) is 48.5 Å². The minimum absolute atomic E-state index is 0.180. The molecule has 0 radical (unpaired) electrons. The molecule has 4 nitrogen and oxygen atoms in total. The fourth-order valence-electron chi connectivity index (χ4n) is 1.94. The van der Waals surface area contributed by atoms with Crippen LogP contribution in [-0.4, -0.2) is 25.8 Å². The fourth-order valence-corrected chi connectivity index (χ4v) is 1.94. The number of ether oxygens (including phenoxy) is 2. The fraction of sp³-hybridized carbons (Fsp3) is 0.176. The smallest absolute Gasteiger partial charge is 0.170 e. The summed E-state index contributed by atoms with van der Waals surface area (Å²) in [6, 6.07) is 13.5. The first-order valence-electron chi connectivity index (χ1n) is 6.48. The SMILES string of the molecule is COc1cccc(C(=O)CC(=O)c2cccc(OC)c2)c1. The van der Waals surface area contributed by atoms with Crippen molar-refractivity contribution >= 4 is 11.6 Å². The Kier molecular flexibility index (Phi) is 4.72. The minimum atomic E-state index is -0.235. The van der Waals surface area contributed by atoms with E-state index in [1.807, 2.05) is 0 Å². The molecule has 0 atom stereocenters. The summed E-state index contributed by atoms with van der Waals surface area (Å²) in [5.74, 6) is 0.716. The summed E-state index contributed by atoms with van der Waals surface area (Å²) in [4.78, 5) is 24.3. The highest BCUT2D eigenvalue weighted by Gasteiger charge is 2.14. The maximum Gasteiger partial charge on any atom is 0.170 e. The average Bonchev–Trinajstić information content (AvgIpc) is 2.54. The number of rotatable bonds is 6. The molecular formula is C17H16O4. The quantitative estimate of drug-likeness (QED) is 0.604. The maximum atomic E-state index is 12.1. The summed E-state index contributed by atoms with van der Waals surface area (Å²) in [7, 11) is 3.07. The van der Waals surface area contributed by atoms with Gasteiger partial charge in [0, 0.05) is 11.1 Å². The third kappa shape index (κ3) is 3.69. The van der Waals surface area contributed by atoms with Gasteiger partial charge in [-0.1, -0.05) is 24.3 Å². The van der Waals surface area contributed by atoms with Crippen LogP contribution >= 0.6 is 0 Å². The molecule has 0 unspecified atom stereocenters. The normalized spacial score (nSPS) is 10.0. The first-order valence-corrected chi connectivity index (χ1v) is 6.48. The third-order valence-corrected chi connectivity index (χ3v) is 3.10. The van der Waals surface area contributed by atoms with Gasteiger partial charge in [-0.15, -0.1) is 0 Å². The Morgan fingerprint density at radius 1 is 0.810 bits per heavy atom. The van der Waals surface area contributed by atoms with Crippen molar-refractivity contribution in [1.29, 1.82) is 0 Å². The number of hydrogen-bond donors (Lipinski definition) is 0. The van der Waals surface area contributed by atoms with E-state index in [1.165, 1.54) is 14.2 Å². The van der Waals surface area contributed by atoms with Crippen molar-refractivity contribution in [3.05, 3.63) is 59.7 Å². The Morgan fingerprint density at radius 3 is 1.62 bits per heavy atom. The zero-order valence-electron chi connectivity index (χ0n) is 12.0. The molecule has 2 aromatic rings. The number of carbonyl (C=O) groups is 2. The lowest BCUT2D eigenvalue weighted by atomic mass is 10.0. The summed E-state index contributed by atoms with van der Waals surface area (Å²) < 4.78 is 10.1. The summed E-state index contributed by atoms with van der Waals surface area (Å²) in [5.41, 5.74) is 0.927. The molecule has 2 aromatic carbocycles. The van der Waals surface area contributed by atoms with Gasteiger partial charge in [0.05, 0.1) is 20.6 Å². The summed E-state index contributed by atoms with van der Waals surface area (Å²) in [6.45, 7) is 0. The Bertz CT molecular complexity index is 604. The van der Waals surface area contributed by atoms with E-state index in [0.717, 1.165) is 0 Å². The summed E-state index contributed by atoms with van der Waals surface area (Å²) in [6.07, 6.45) is -0.180. The first kappa shape index (κ1) is 14.8. The van der Waals surface area contributed by atoms with Gasteiger partial charge in [0.1, 0.15) is 11.5 Å². The van der Waals surface area contributed by atoms with E-state index in [1.54, 1.807) is 48.5 Å². The second-order valence-electron chi connectivity index (χ2n) is 4.49. The Balaban J connectivity index is 2.12. The lowest BCUT2D eigenvalue weighted by Gasteiger charge is -2.05. The van der Waals surface area contributed by atoms with E-state index in [9.17, 15) is 9.59 Å². The van der Waals surface area contributed by atoms with Crippen molar-refractivity contribution in [1.82, 2.24) is 0 Å². The number of hydrogen-bond acceptors (Lipinski definition) is 4. The molecule has 0 aliphatic rings. The van der Waals surface area contributed by atoms with Crippen molar-refractivity contribution in [2.24, 2.45) is 0 Å². The van der Waals surface area contributed by atoms with Crippen molar-refractivity contribution in [2.75, 3.05) is 14.2 Å². The number of benzene rings is 2. The van der Waals surface area contributed by atoms with Crippen LogP contribution in [0.1, 0.15) is 27.1 Å². The van der Waals surface area contributed by atoms with Gasteiger partial charge >= 0.3 is 0 Å². The predicted molar refractivity (Wildman–Crippen MR) is 79.3 cm³/mol. The van der Waals surface area contributed by atoms with Crippen molar-refractivity contribution in [3.8, 4) is 11.5 Å². The van der Waals surface area contributed by atoms with Gasteiger partial charge in [-0.25, -0.2) is 0 Å². The van der Waals surface area contributed by atoms with Crippen LogP contribution in [0.5, 0.6) is 11.5 Å². The molecule has 108 valence electrons. The van der Waals surface area contributed by atoms with Gasteiger partial charge in [-0.2, -0.15) is 0 Å². The van der Waals surface area contributed by atoms with Crippen molar-refractivity contribution < 1.29 is 19.1 Å². The van der Waals surface area contributed by atoms with E-state index >= 15 is 0 Å². The van der Waals surface area contributed by atoms with Crippen LogP contribution in [0, 0.1) is 0 Å². The van der Waals surface area contributed by atoms with E-state index in [0.29, 0.717) is 22.6 Å². The molecule has 0 aromatic heterocycles. The van der Waals surface area contributed by atoms with Crippen LogP contribution < -0.4 is 9.47 Å². The number of Topliss-reactive ketones (excluding diaryl/α,β-unsaturated/α-hetero) is 2.